The van der Waals surface area contributed by atoms with Crippen LogP contribution in [0.3, 0.4) is 0 Å². The predicted octanol–water partition coefficient (Wildman–Crippen LogP) is 4.50. The van der Waals surface area contributed by atoms with E-state index in [0.29, 0.717) is 6.04 Å². The van der Waals surface area contributed by atoms with Gasteiger partial charge in [-0.1, -0.05) is 47.5 Å². The van der Waals surface area contributed by atoms with Crippen LogP contribution in [0.5, 0.6) is 0 Å². The van der Waals surface area contributed by atoms with Crippen molar-refractivity contribution in [1.29, 1.82) is 0 Å². The monoisotopic (exact) mass is 293 g/mol. The van der Waals surface area contributed by atoms with Crippen molar-refractivity contribution in [3.8, 4) is 0 Å². The van der Waals surface area contributed by atoms with Crippen LogP contribution in [0.1, 0.15) is 83.8 Å². The number of aromatic nitrogens is 2. The quantitative estimate of drug-likeness (QED) is 0.688. The molecule has 1 aromatic heterocycles. The van der Waals surface area contributed by atoms with Crippen LogP contribution in [-0.2, 0) is 19.4 Å². The third-order valence-electron chi connectivity index (χ3n) is 4.56. The Balaban J connectivity index is 3.08. The maximum absolute atomic E-state index is 4.94. The molecule has 3 heteroatoms. The summed E-state index contributed by atoms with van der Waals surface area (Å²) in [5.74, 6) is 0.742. The van der Waals surface area contributed by atoms with Gasteiger partial charge in [0.1, 0.15) is 0 Å². The Morgan fingerprint density at radius 2 is 1.71 bits per heavy atom. The second-order valence-corrected chi connectivity index (χ2v) is 6.05. The molecule has 0 saturated heterocycles. The Kier molecular flexibility index (Phi) is 8.02. The van der Waals surface area contributed by atoms with Gasteiger partial charge in [0.05, 0.1) is 5.69 Å². The van der Waals surface area contributed by atoms with Crippen LogP contribution in [-0.4, -0.2) is 16.3 Å². The van der Waals surface area contributed by atoms with Gasteiger partial charge in [-0.15, -0.1) is 0 Å². The number of nitrogens with one attached hydrogen (secondary N) is 1. The van der Waals surface area contributed by atoms with Crippen molar-refractivity contribution in [2.24, 2.45) is 5.92 Å². The van der Waals surface area contributed by atoms with Crippen molar-refractivity contribution in [2.45, 2.75) is 86.2 Å². The Morgan fingerprint density at radius 3 is 2.19 bits per heavy atom. The first-order valence-corrected chi connectivity index (χ1v) is 8.94. The lowest BCUT2D eigenvalue weighted by Gasteiger charge is -2.17. The van der Waals surface area contributed by atoms with Crippen molar-refractivity contribution in [3.63, 3.8) is 0 Å². The molecule has 122 valence electrons. The van der Waals surface area contributed by atoms with Crippen LogP contribution < -0.4 is 5.32 Å². The van der Waals surface area contributed by atoms with Crippen LogP contribution in [0.4, 0.5) is 0 Å². The Labute approximate surface area is 131 Å². The topological polar surface area (TPSA) is 29.9 Å². The van der Waals surface area contributed by atoms with Gasteiger partial charge in [-0.3, -0.25) is 4.68 Å². The Hall–Kier alpha value is -0.830. The van der Waals surface area contributed by atoms with E-state index in [2.05, 4.69) is 51.5 Å². The van der Waals surface area contributed by atoms with Gasteiger partial charge in [0, 0.05) is 23.8 Å². The maximum atomic E-state index is 4.94. The molecule has 1 N–H and O–H groups in total. The van der Waals surface area contributed by atoms with E-state index in [0.717, 1.165) is 31.8 Å². The summed E-state index contributed by atoms with van der Waals surface area (Å²) < 4.78 is 2.30. The first kappa shape index (κ1) is 18.2. The van der Waals surface area contributed by atoms with Gasteiger partial charge in [-0.05, 0) is 38.6 Å². The van der Waals surface area contributed by atoms with Crippen molar-refractivity contribution < 1.29 is 0 Å². The number of rotatable bonds is 10. The predicted molar refractivity (Wildman–Crippen MR) is 91.8 cm³/mol. The molecular formula is C18H35N3. The summed E-state index contributed by atoms with van der Waals surface area (Å²) in [5.41, 5.74) is 4.18. The van der Waals surface area contributed by atoms with E-state index in [1.165, 1.54) is 36.2 Å². The highest BCUT2D eigenvalue weighted by Gasteiger charge is 2.21. The molecule has 1 heterocycles. The summed E-state index contributed by atoms with van der Waals surface area (Å²) >= 11 is 0. The highest BCUT2D eigenvalue weighted by atomic mass is 15.3. The van der Waals surface area contributed by atoms with E-state index in [4.69, 9.17) is 5.10 Å². The molecule has 0 spiro atoms. The molecule has 0 aliphatic carbocycles. The second kappa shape index (κ2) is 9.24. The lowest BCUT2D eigenvalue weighted by molar-refractivity contribution is 0.387. The van der Waals surface area contributed by atoms with E-state index in [-0.39, 0.29) is 0 Å². The van der Waals surface area contributed by atoms with Gasteiger partial charge in [0.2, 0.25) is 0 Å². The smallest absolute Gasteiger partial charge is 0.0672 e. The molecule has 1 rings (SSSR count). The maximum Gasteiger partial charge on any atom is 0.0672 e. The first-order valence-electron chi connectivity index (χ1n) is 8.94. The SMILES string of the molecule is CCCNC(C)c1c(CC)nn(CC(CC)CC)c1CC. The van der Waals surface area contributed by atoms with E-state index >= 15 is 0 Å². The van der Waals surface area contributed by atoms with Gasteiger partial charge >= 0.3 is 0 Å². The fourth-order valence-corrected chi connectivity index (χ4v) is 3.10. The van der Waals surface area contributed by atoms with Gasteiger partial charge in [-0.2, -0.15) is 5.10 Å². The minimum atomic E-state index is 0.408. The van der Waals surface area contributed by atoms with Crippen molar-refractivity contribution in [2.75, 3.05) is 6.54 Å². The molecular weight excluding hydrogens is 258 g/mol. The lowest BCUT2D eigenvalue weighted by atomic mass is 10.0. The number of aryl methyl sites for hydroxylation is 1. The number of hydrogen-bond acceptors (Lipinski definition) is 2. The molecule has 0 radical (unpaired) electrons. The van der Waals surface area contributed by atoms with Gasteiger partial charge < -0.3 is 5.32 Å². The Bertz CT molecular complexity index is 405. The number of nitrogens with zero attached hydrogens (tertiary/aromatic N) is 2. The van der Waals surface area contributed by atoms with E-state index in [1.807, 2.05) is 0 Å². The first-order chi connectivity index (χ1) is 10.1. The fourth-order valence-electron chi connectivity index (χ4n) is 3.10. The zero-order chi connectivity index (χ0) is 15.8. The fraction of sp³-hybridized carbons (Fsp3) is 0.833. The van der Waals surface area contributed by atoms with Crippen LogP contribution in [0.2, 0.25) is 0 Å². The minimum absolute atomic E-state index is 0.408. The molecule has 0 amide bonds. The molecule has 1 aromatic rings. The molecule has 3 nitrogen and oxygen atoms in total. The average molecular weight is 293 g/mol. The van der Waals surface area contributed by atoms with Gasteiger partial charge in [0.25, 0.3) is 0 Å². The molecule has 0 aromatic carbocycles. The summed E-state index contributed by atoms with van der Waals surface area (Å²) in [6.07, 6.45) is 5.74. The average Bonchev–Trinajstić information content (AvgIpc) is 2.87. The Morgan fingerprint density at radius 1 is 1.05 bits per heavy atom. The van der Waals surface area contributed by atoms with Gasteiger partial charge in [-0.25, -0.2) is 0 Å². The van der Waals surface area contributed by atoms with Crippen molar-refractivity contribution >= 4 is 0 Å². The summed E-state index contributed by atoms with van der Waals surface area (Å²) in [6.45, 7) is 15.7. The van der Waals surface area contributed by atoms with Crippen LogP contribution in [0.25, 0.3) is 0 Å². The van der Waals surface area contributed by atoms with Crippen molar-refractivity contribution in [1.82, 2.24) is 15.1 Å². The third-order valence-corrected chi connectivity index (χ3v) is 4.56. The molecule has 0 saturated carbocycles. The van der Waals surface area contributed by atoms with E-state index in [9.17, 15) is 0 Å². The van der Waals surface area contributed by atoms with E-state index < -0.39 is 0 Å². The van der Waals surface area contributed by atoms with Crippen LogP contribution in [0.15, 0.2) is 0 Å². The van der Waals surface area contributed by atoms with E-state index in [1.54, 1.807) is 0 Å². The normalized spacial score (nSPS) is 13.1. The zero-order valence-corrected chi connectivity index (χ0v) is 15.0. The summed E-state index contributed by atoms with van der Waals surface area (Å²) in [7, 11) is 0. The standard InChI is InChI=1S/C18H35N3/c1-7-12-19-14(6)18-16(10-4)20-21(17(18)11-5)13-15(8-2)9-3/h14-15,19H,7-13H2,1-6H3. The van der Waals surface area contributed by atoms with Crippen LogP contribution in [0, 0.1) is 5.92 Å². The molecule has 0 aliphatic heterocycles. The zero-order valence-electron chi connectivity index (χ0n) is 15.0. The van der Waals surface area contributed by atoms with Crippen LogP contribution >= 0.6 is 0 Å². The highest BCUT2D eigenvalue weighted by Crippen LogP contribution is 2.25. The summed E-state index contributed by atoms with van der Waals surface area (Å²) in [6, 6.07) is 0.408. The molecule has 0 bridgehead atoms. The summed E-state index contributed by atoms with van der Waals surface area (Å²) in [5, 5.41) is 8.58. The largest absolute Gasteiger partial charge is 0.310 e. The number of hydrogen-bond donors (Lipinski definition) is 1. The molecule has 0 aliphatic rings. The third kappa shape index (κ3) is 4.57. The minimum Gasteiger partial charge on any atom is -0.310 e. The second-order valence-electron chi connectivity index (χ2n) is 6.05. The molecule has 0 fully saturated rings. The highest BCUT2D eigenvalue weighted by molar-refractivity contribution is 5.30. The van der Waals surface area contributed by atoms with Gasteiger partial charge in [0.15, 0.2) is 0 Å². The lowest BCUT2D eigenvalue weighted by Crippen LogP contribution is -2.21. The molecule has 1 unspecified atom stereocenters. The summed E-state index contributed by atoms with van der Waals surface area (Å²) in [4.78, 5) is 0. The van der Waals surface area contributed by atoms with Crippen molar-refractivity contribution in [3.05, 3.63) is 17.0 Å². The molecule has 21 heavy (non-hydrogen) atoms. The molecule has 1 atom stereocenters.